The lowest BCUT2D eigenvalue weighted by atomic mass is 9.94. The Hall–Kier alpha value is -1.36. The van der Waals surface area contributed by atoms with Crippen LogP contribution in [0, 0.1) is 5.92 Å². The number of carbonyl (C=O) groups excluding carboxylic acids is 1. The predicted molar refractivity (Wildman–Crippen MR) is 74.4 cm³/mol. The van der Waals surface area contributed by atoms with E-state index in [4.69, 9.17) is 5.73 Å². The molecular formula is C14H24N4O. The number of nitrogens with one attached hydrogen (secondary N) is 1. The van der Waals surface area contributed by atoms with E-state index in [0.29, 0.717) is 6.54 Å². The third-order valence-electron chi connectivity index (χ3n) is 3.86. The molecule has 5 nitrogen and oxygen atoms in total. The third-order valence-corrected chi connectivity index (χ3v) is 3.86. The van der Waals surface area contributed by atoms with E-state index in [9.17, 15) is 4.79 Å². The van der Waals surface area contributed by atoms with Crippen LogP contribution in [-0.4, -0.2) is 28.0 Å². The molecule has 3 N–H and O–H groups in total. The lowest BCUT2D eigenvalue weighted by molar-refractivity contribution is -0.125. The summed E-state index contributed by atoms with van der Waals surface area (Å²) in [6.45, 7) is 1.59. The third kappa shape index (κ3) is 4.35. The SMILES string of the molecule is NC1CCCCCC1C(=O)NCCCn1ccnc1. The molecule has 1 fully saturated rings. The van der Waals surface area contributed by atoms with Crippen LogP contribution in [0.4, 0.5) is 0 Å². The van der Waals surface area contributed by atoms with Gasteiger partial charge in [0.1, 0.15) is 0 Å². The summed E-state index contributed by atoms with van der Waals surface area (Å²) >= 11 is 0. The molecule has 5 heteroatoms. The minimum absolute atomic E-state index is 0.00995. The number of aromatic nitrogens is 2. The van der Waals surface area contributed by atoms with Gasteiger partial charge in [0.25, 0.3) is 0 Å². The number of aryl methyl sites for hydroxylation is 1. The fourth-order valence-corrected chi connectivity index (χ4v) is 2.69. The molecule has 1 aliphatic rings. The predicted octanol–water partition coefficient (Wildman–Crippen LogP) is 1.30. The normalized spacial score (nSPS) is 23.8. The number of hydrogen-bond donors (Lipinski definition) is 2. The molecule has 2 atom stereocenters. The monoisotopic (exact) mass is 264 g/mol. The Labute approximate surface area is 114 Å². The van der Waals surface area contributed by atoms with E-state index in [0.717, 1.165) is 38.6 Å². The minimum atomic E-state index is 0.00995. The van der Waals surface area contributed by atoms with Crippen LogP contribution in [0.1, 0.15) is 38.5 Å². The Kier molecular flexibility index (Phi) is 5.39. The molecule has 2 rings (SSSR count). The van der Waals surface area contributed by atoms with Gasteiger partial charge in [-0.1, -0.05) is 19.3 Å². The van der Waals surface area contributed by atoms with Crippen molar-refractivity contribution in [2.75, 3.05) is 6.54 Å². The summed E-state index contributed by atoms with van der Waals surface area (Å²) < 4.78 is 2.02. The Morgan fingerprint density at radius 1 is 1.37 bits per heavy atom. The van der Waals surface area contributed by atoms with E-state index in [1.807, 2.05) is 10.8 Å². The molecule has 1 amide bonds. The maximum absolute atomic E-state index is 12.1. The minimum Gasteiger partial charge on any atom is -0.356 e. The number of imidazole rings is 1. The van der Waals surface area contributed by atoms with Crippen LogP contribution < -0.4 is 11.1 Å². The van der Waals surface area contributed by atoms with E-state index in [2.05, 4.69) is 10.3 Å². The maximum Gasteiger partial charge on any atom is 0.224 e. The molecule has 1 aromatic heterocycles. The van der Waals surface area contributed by atoms with Crippen molar-refractivity contribution in [2.24, 2.45) is 11.7 Å². The van der Waals surface area contributed by atoms with Crippen molar-refractivity contribution in [3.63, 3.8) is 0 Å². The summed E-state index contributed by atoms with van der Waals surface area (Å²) in [5.41, 5.74) is 6.09. The molecule has 19 heavy (non-hydrogen) atoms. The number of nitrogens with two attached hydrogens (primary N) is 1. The van der Waals surface area contributed by atoms with Gasteiger partial charge in [0.15, 0.2) is 0 Å². The lowest BCUT2D eigenvalue weighted by Crippen LogP contribution is -2.41. The smallest absolute Gasteiger partial charge is 0.224 e. The Balaban J connectivity index is 1.68. The summed E-state index contributed by atoms with van der Waals surface area (Å²) in [5.74, 6) is 0.149. The fraction of sp³-hybridized carbons (Fsp3) is 0.714. The van der Waals surface area contributed by atoms with Crippen LogP contribution in [0.2, 0.25) is 0 Å². The van der Waals surface area contributed by atoms with Crippen molar-refractivity contribution in [1.82, 2.24) is 14.9 Å². The first-order chi connectivity index (χ1) is 9.27. The molecule has 0 radical (unpaired) electrons. The van der Waals surface area contributed by atoms with Gasteiger partial charge in [-0.25, -0.2) is 4.98 Å². The zero-order chi connectivity index (χ0) is 13.5. The average molecular weight is 264 g/mol. The summed E-state index contributed by atoms with van der Waals surface area (Å²) in [4.78, 5) is 16.1. The van der Waals surface area contributed by atoms with E-state index in [-0.39, 0.29) is 17.9 Å². The quantitative estimate of drug-likeness (QED) is 0.622. The topological polar surface area (TPSA) is 72.9 Å². The van der Waals surface area contributed by atoms with Gasteiger partial charge in [-0.05, 0) is 19.3 Å². The zero-order valence-corrected chi connectivity index (χ0v) is 11.4. The summed E-state index contributed by atoms with van der Waals surface area (Å²) in [5, 5.41) is 3.02. The van der Waals surface area contributed by atoms with E-state index in [1.54, 1.807) is 12.5 Å². The summed E-state index contributed by atoms with van der Waals surface area (Å²) in [6.07, 6.45) is 11.8. The highest BCUT2D eigenvalue weighted by atomic mass is 16.1. The standard InChI is InChI=1S/C14H24N4O/c15-13-6-3-1-2-5-12(13)14(19)17-7-4-9-18-10-8-16-11-18/h8,10-13H,1-7,9,15H2,(H,17,19). The van der Waals surface area contributed by atoms with Gasteiger partial charge >= 0.3 is 0 Å². The summed E-state index contributed by atoms with van der Waals surface area (Å²) in [7, 11) is 0. The Bertz CT molecular complexity index is 377. The number of hydrogen-bond acceptors (Lipinski definition) is 3. The molecule has 1 heterocycles. The van der Waals surface area contributed by atoms with Gasteiger partial charge in [-0.3, -0.25) is 4.79 Å². The second kappa shape index (κ2) is 7.28. The second-order valence-corrected chi connectivity index (χ2v) is 5.35. The van der Waals surface area contributed by atoms with E-state index >= 15 is 0 Å². The lowest BCUT2D eigenvalue weighted by Gasteiger charge is -2.20. The van der Waals surface area contributed by atoms with Crippen molar-refractivity contribution in [2.45, 2.75) is 51.1 Å². The number of nitrogens with zero attached hydrogens (tertiary/aromatic N) is 2. The van der Waals surface area contributed by atoms with Crippen molar-refractivity contribution < 1.29 is 4.79 Å². The van der Waals surface area contributed by atoms with Crippen LogP contribution in [0.3, 0.4) is 0 Å². The number of amides is 1. The molecule has 0 bridgehead atoms. The van der Waals surface area contributed by atoms with Crippen molar-refractivity contribution in [3.8, 4) is 0 Å². The number of rotatable bonds is 5. The molecule has 1 saturated carbocycles. The van der Waals surface area contributed by atoms with Crippen molar-refractivity contribution in [3.05, 3.63) is 18.7 Å². The second-order valence-electron chi connectivity index (χ2n) is 5.35. The first-order valence-corrected chi connectivity index (χ1v) is 7.26. The fourth-order valence-electron chi connectivity index (χ4n) is 2.69. The van der Waals surface area contributed by atoms with Crippen LogP contribution in [-0.2, 0) is 11.3 Å². The molecule has 2 unspecified atom stereocenters. The van der Waals surface area contributed by atoms with Crippen LogP contribution in [0.5, 0.6) is 0 Å². The zero-order valence-electron chi connectivity index (χ0n) is 11.4. The van der Waals surface area contributed by atoms with Crippen LogP contribution in [0.15, 0.2) is 18.7 Å². The van der Waals surface area contributed by atoms with E-state index < -0.39 is 0 Å². The van der Waals surface area contributed by atoms with Crippen LogP contribution >= 0.6 is 0 Å². The highest BCUT2D eigenvalue weighted by molar-refractivity contribution is 5.79. The van der Waals surface area contributed by atoms with Gasteiger partial charge in [-0.15, -0.1) is 0 Å². The van der Waals surface area contributed by atoms with Gasteiger partial charge in [-0.2, -0.15) is 0 Å². The largest absolute Gasteiger partial charge is 0.356 e. The first-order valence-electron chi connectivity index (χ1n) is 7.26. The Morgan fingerprint density at radius 3 is 3.00 bits per heavy atom. The molecule has 106 valence electrons. The van der Waals surface area contributed by atoms with Gasteiger partial charge in [0.2, 0.25) is 5.91 Å². The molecule has 0 spiro atoms. The molecular weight excluding hydrogens is 240 g/mol. The van der Waals surface area contributed by atoms with Gasteiger partial charge in [0, 0.05) is 31.5 Å². The maximum atomic E-state index is 12.1. The molecule has 1 aromatic rings. The highest BCUT2D eigenvalue weighted by Gasteiger charge is 2.26. The van der Waals surface area contributed by atoms with Crippen LogP contribution in [0.25, 0.3) is 0 Å². The van der Waals surface area contributed by atoms with Crippen molar-refractivity contribution >= 4 is 5.91 Å². The highest BCUT2D eigenvalue weighted by Crippen LogP contribution is 2.22. The molecule has 0 saturated heterocycles. The summed E-state index contributed by atoms with van der Waals surface area (Å²) in [6, 6.07) is 0.0381. The molecule has 1 aliphatic carbocycles. The molecule has 0 aromatic carbocycles. The van der Waals surface area contributed by atoms with Gasteiger partial charge in [0.05, 0.1) is 12.2 Å². The Morgan fingerprint density at radius 2 is 2.21 bits per heavy atom. The number of carbonyl (C=O) groups is 1. The van der Waals surface area contributed by atoms with Crippen molar-refractivity contribution in [1.29, 1.82) is 0 Å². The molecule has 0 aliphatic heterocycles. The van der Waals surface area contributed by atoms with E-state index in [1.165, 1.54) is 6.42 Å². The average Bonchev–Trinajstić information content (AvgIpc) is 2.82. The van der Waals surface area contributed by atoms with Gasteiger partial charge < -0.3 is 15.6 Å². The first kappa shape index (κ1) is 14.1.